The number of primary amides is 1. The number of nitrogens with zero attached hydrogens (tertiary/aromatic N) is 3. The Kier molecular flexibility index (Phi) is 3.85. The van der Waals surface area contributed by atoms with Crippen LogP contribution < -0.4 is 5.73 Å². The highest BCUT2D eigenvalue weighted by Gasteiger charge is 2.24. The summed E-state index contributed by atoms with van der Waals surface area (Å²) in [6.07, 6.45) is 3.08. The van der Waals surface area contributed by atoms with Crippen LogP contribution in [-0.4, -0.2) is 37.0 Å². The number of carbonyl (C=O) groups is 2. The van der Waals surface area contributed by atoms with Gasteiger partial charge >= 0.3 is 0 Å². The van der Waals surface area contributed by atoms with Crippen molar-refractivity contribution in [2.75, 3.05) is 0 Å². The van der Waals surface area contributed by atoms with E-state index in [1.807, 2.05) is 0 Å². The number of nitrogens with one attached hydrogen (secondary N) is 1. The Labute approximate surface area is 152 Å². The quantitative estimate of drug-likeness (QED) is 0.477. The molecule has 0 saturated heterocycles. The van der Waals surface area contributed by atoms with Gasteiger partial charge in [-0.3, -0.25) is 14.6 Å². The molecule has 0 aliphatic heterocycles. The molecule has 8 nitrogen and oxygen atoms in total. The van der Waals surface area contributed by atoms with Gasteiger partial charge in [0.25, 0.3) is 5.91 Å². The lowest BCUT2D eigenvalue weighted by atomic mass is 9.98. The first-order valence-corrected chi connectivity index (χ1v) is 7.99. The number of nitrogens with two attached hydrogens (primary N) is 1. The number of pyridine rings is 1. The van der Waals surface area contributed by atoms with Gasteiger partial charge < -0.3 is 15.8 Å². The van der Waals surface area contributed by atoms with E-state index < -0.39 is 5.91 Å². The Balaban J connectivity index is 2.01. The minimum absolute atomic E-state index is 0.0570. The lowest BCUT2D eigenvalue weighted by Crippen LogP contribution is -2.16. The maximum atomic E-state index is 13.0. The van der Waals surface area contributed by atoms with Gasteiger partial charge in [0.05, 0.1) is 11.3 Å². The van der Waals surface area contributed by atoms with E-state index in [2.05, 4.69) is 20.2 Å². The summed E-state index contributed by atoms with van der Waals surface area (Å²) in [5, 5.41) is 17.7. The molecule has 4 rings (SSSR count). The highest BCUT2D eigenvalue weighted by Crippen LogP contribution is 2.32. The number of ketones is 1. The topological polar surface area (TPSA) is 135 Å². The third-order valence-corrected chi connectivity index (χ3v) is 4.12. The number of hydrogen-bond donors (Lipinski definition) is 3. The molecule has 4 aromatic rings. The van der Waals surface area contributed by atoms with Crippen molar-refractivity contribution >= 4 is 22.7 Å². The first kappa shape index (κ1) is 16.4. The third kappa shape index (κ3) is 2.78. The number of rotatable bonds is 4. The molecule has 4 N–H and O–H groups in total. The van der Waals surface area contributed by atoms with E-state index in [0.29, 0.717) is 33.4 Å². The van der Waals surface area contributed by atoms with Crippen LogP contribution in [0.4, 0.5) is 0 Å². The number of aromatic nitrogens is 4. The lowest BCUT2D eigenvalue weighted by molar-refractivity contribution is 0.0993. The maximum absolute atomic E-state index is 13.0. The van der Waals surface area contributed by atoms with Gasteiger partial charge in [-0.25, -0.2) is 0 Å². The largest absolute Gasteiger partial charge is 0.508 e. The number of H-pyrrole nitrogens is 1. The number of amides is 1. The molecular weight excluding hydrogens is 346 g/mol. The SMILES string of the molecule is NC(=O)c1nnc2[nH]cc(C(=O)c3ccc(O)cc3)c2c1-c1ccccn1. The Morgan fingerprint density at radius 2 is 1.81 bits per heavy atom. The van der Waals surface area contributed by atoms with Crippen LogP contribution in [0.3, 0.4) is 0 Å². The van der Waals surface area contributed by atoms with Crippen LogP contribution in [0, 0.1) is 0 Å². The average Bonchev–Trinajstić information content (AvgIpc) is 3.12. The summed E-state index contributed by atoms with van der Waals surface area (Å²) in [6.45, 7) is 0. The molecule has 0 saturated carbocycles. The first-order chi connectivity index (χ1) is 13.1. The molecule has 0 aliphatic carbocycles. The first-order valence-electron chi connectivity index (χ1n) is 7.99. The van der Waals surface area contributed by atoms with E-state index in [1.165, 1.54) is 30.5 Å². The average molecular weight is 359 g/mol. The van der Waals surface area contributed by atoms with Crippen LogP contribution in [0.15, 0.2) is 54.9 Å². The molecule has 1 aromatic carbocycles. The third-order valence-electron chi connectivity index (χ3n) is 4.12. The fraction of sp³-hybridized carbons (Fsp3) is 0. The number of aromatic amines is 1. The highest BCUT2D eigenvalue weighted by molar-refractivity contribution is 6.20. The molecule has 27 heavy (non-hydrogen) atoms. The Hall–Kier alpha value is -4.07. The van der Waals surface area contributed by atoms with Gasteiger partial charge in [0.1, 0.15) is 5.75 Å². The van der Waals surface area contributed by atoms with Gasteiger partial charge in [0, 0.05) is 28.9 Å². The Morgan fingerprint density at radius 3 is 2.48 bits per heavy atom. The van der Waals surface area contributed by atoms with Gasteiger partial charge in [-0.1, -0.05) is 6.07 Å². The van der Waals surface area contributed by atoms with Crippen LogP contribution in [0.1, 0.15) is 26.4 Å². The zero-order chi connectivity index (χ0) is 19.0. The van der Waals surface area contributed by atoms with Crippen molar-refractivity contribution in [3.05, 3.63) is 71.7 Å². The summed E-state index contributed by atoms with van der Waals surface area (Å²) >= 11 is 0. The standard InChI is InChI=1S/C19H13N5O3/c20-18(27)16-15(13-3-1-2-8-21-13)14-12(9-22-19(14)24-23-16)17(26)10-4-6-11(25)7-5-10/h1-9,25H,(H2,20,27)(H,22,24). The maximum Gasteiger partial charge on any atom is 0.269 e. The Morgan fingerprint density at radius 1 is 1.04 bits per heavy atom. The van der Waals surface area contributed by atoms with E-state index in [1.54, 1.807) is 24.4 Å². The predicted molar refractivity (Wildman–Crippen MR) is 97.2 cm³/mol. The number of fused-ring (bicyclic) bond motifs is 1. The molecular formula is C19H13N5O3. The number of phenols is 1. The van der Waals surface area contributed by atoms with E-state index in [4.69, 9.17) is 5.73 Å². The summed E-state index contributed by atoms with van der Waals surface area (Å²) in [4.78, 5) is 32.1. The second-order valence-electron chi connectivity index (χ2n) is 5.80. The number of carbonyl (C=O) groups excluding carboxylic acids is 2. The summed E-state index contributed by atoms with van der Waals surface area (Å²) in [6, 6.07) is 11.1. The molecule has 0 bridgehead atoms. The highest BCUT2D eigenvalue weighted by atomic mass is 16.3. The minimum Gasteiger partial charge on any atom is -0.508 e. The lowest BCUT2D eigenvalue weighted by Gasteiger charge is -2.08. The van der Waals surface area contributed by atoms with Crippen LogP contribution in [0.5, 0.6) is 5.75 Å². The van der Waals surface area contributed by atoms with Crippen molar-refractivity contribution < 1.29 is 14.7 Å². The molecule has 0 radical (unpaired) electrons. The normalized spacial score (nSPS) is 10.8. The number of phenolic OH excluding ortho intramolecular Hbond substituents is 1. The van der Waals surface area contributed by atoms with Gasteiger partial charge in [0.15, 0.2) is 17.1 Å². The predicted octanol–water partition coefficient (Wildman–Crippen LogP) is 2.06. The molecule has 3 heterocycles. The van der Waals surface area contributed by atoms with Gasteiger partial charge in [-0.2, -0.15) is 0 Å². The van der Waals surface area contributed by atoms with E-state index in [0.717, 1.165) is 0 Å². The van der Waals surface area contributed by atoms with Crippen molar-refractivity contribution in [3.63, 3.8) is 0 Å². The molecule has 0 atom stereocenters. The molecule has 8 heteroatoms. The second kappa shape index (κ2) is 6.34. The van der Waals surface area contributed by atoms with Gasteiger partial charge in [-0.15, -0.1) is 10.2 Å². The number of hydrogen-bond acceptors (Lipinski definition) is 6. The molecule has 0 fully saturated rings. The van der Waals surface area contributed by atoms with E-state index >= 15 is 0 Å². The number of aromatic hydroxyl groups is 1. The van der Waals surface area contributed by atoms with Crippen LogP contribution in [0.25, 0.3) is 22.3 Å². The Bertz CT molecular complexity index is 1170. The fourth-order valence-corrected chi connectivity index (χ4v) is 2.89. The molecule has 132 valence electrons. The van der Waals surface area contributed by atoms with E-state index in [9.17, 15) is 14.7 Å². The van der Waals surface area contributed by atoms with Crippen LogP contribution >= 0.6 is 0 Å². The molecule has 0 unspecified atom stereocenters. The summed E-state index contributed by atoms with van der Waals surface area (Å²) < 4.78 is 0. The van der Waals surface area contributed by atoms with Gasteiger partial charge in [0.2, 0.25) is 0 Å². The van der Waals surface area contributed by atoms with Crippen molar-refractivity contribution in [3.8, 4) is 17.0 Å². The molecule has 1 amide bonds. The second-order valence-corrected chi connectivity index (χ2v) is 5.80. The van der Waals surface area contributed by atoms with E-state index in [-0.39, 0.29) is 17.2 Å². The van der Waals surface area contributed by atoms with Crippen molar-refractivity contribution in [2.45, 2.75) is 0 Å². The summed E-state index contributed by atoms with van der Waals surface area (Å²) in [5.41, 5.74) is 7.21. The van der Waals surface area contributed by atoms with Crippen LogP contribution in [0.2, 0.25) is 0 Å². The van der Waals surface area contributed by atoms with Crippen molar-refractivity contribution in [1.82, 2.24) is 20.2 Å². The van der Waals surface area contributed by atoms with Gasteiger partial charge in [-0.05, 0) is 36.4 Å². The minimum atomic E-state index is -0.769. The monoisotopic (exact) mass is 359 g/mol. The zero-order valence-electron chi connectivity index (χ0n) is 13.9. The number of benzene rings is 1. The summed E-state index contributed by atoms with van der Waals surface area (Å²) in [5.74, 6) is -1.02. The molecule has 0 aliphatic rings. The van der Waals surface area contributed by atoms with Crippen molar-refractivity contribution in [1.29, 1.82) is 0 Å². The molecule has 0 spiro atoms. The van der Waals surface area contributed by atoms with Crippen LogP contribution in [-0.2, 0) is 0 Å². The smallest absolute Gasteiger partial charge is 0.269 e. The summed E-state index contributed by atoms with van der Waals surface area (Å²) in [7, 11) is 0. The zero-order valence-corrected chi connectivity index (χ0v) is 13.9. The molecule has 3 aromatic heterocycles. The van der Waals surface area contributed by atoms with Crippen molar-refractivity contribution in [2.24, 2.45) is 5.73 Å². The fourth-order valence-electron chi connectivity index (χ4n) is 2.89.